The fraction of sp³-hybridized carbons (Fsp3) is 0.762. The van der Waals surface area contributed by atoms with Crippen molar-refractivity contribution in [3.05, 3.63) is 12.4 Å². The van der Waals surface area contributed by atoms with Crippen LogP contribution in [-0.4, -0.2) is 77.0 Å². The highest BCUT2D eigenvalue weighted by molar-refractivity contribution is 6.61. The van der Waals surface area contributed by atoms with Gasteiger partial charge in [0.2, 0.25) is 11.9 Å². The second-order valence-electron chi connectivity index (χ2n) is 10.2. The van der Waals surface area contributed by atoms with Crippen LogP contribution in [-0.2, 0) is 18.8 Å². The molecule has 0 bridgehead atoms. The molecule has 2 aliphatic heterocycles. The van der Waals surface area contributed by atoms with Crippen LogP contribution in [0.2, 0.25) is 0 Å². The van der Waals surface area contributed by atoms with Crippen molar-refractivity contribution in [2.75, 3.05) is 31.1 Å². The lowest BCUT2D eigenvalue weighted by molar-refractivity contribution is -0.143. The van der Waals surface area contributed by atoms with Gasteiger partial charge in [-0.15, -0.1) is 0 Å². The summed E-state index contributed by atoms with van der Waals surface area (Å²) in [5.41, 5.74) is -0.317. The molecule has 3 heterocycles. The number of nitrogens with zero attached hydrogens (tertiary/aromatic N) is 4. The molecule has 0 aliphatic carbocycles. The Morgan fingerprint density at radius 1 is 1.17 bits per heavy atom. The van der Waals surface area contributed by atoms with Crippen LogP contribution < -0.4 is 10.4 Å². The number of rotatable bonds is 4. The first-order valence-corrected chi connectivity index (χ1v) is 10.6. The molecule has 30 heavy (non-hydrogen) atoms. The molecule has 1 aromatic rings. The van der Waals surface area contributed by atoms with Gasteiger partial charge in [0.25, 0.3) is 0 Å². The van der Waals surface area contributed by atoms with Gasteiger partial charge in [0.05, 0.1) is 16.8 Å². The molecule has 0 aromatic carbocycles. The van der Waals surface area contributed by atoms with Gasteiger partial charge in [-0.25, -0.2) is 9.97 Å². The third kappa shape index (κ3) is 4.95. The van der Waals surface area contributed by atoms with E-state index in [1.807, 2.05) is 60.3 Å². The molecule has 166 valence electrons. The normalized spacial score (nSPS) is 23.7. The molecule has 3 rings (SSSR count). The summed E-state index contributed by atoms with van der Waals surface area (Å²) in [5, 5.41) is 0. The van der Waals surface area contributed by atoms with Gasteiger partial charge in [0.15, 0.2) is 0 Å². The molecule has 1 unspecified atom stereocenters. The van der Waals surface area contributed by atoms with Crippen molar-refractivity contribution >= 4 is 24.4 Å². The van der Waals surface area contributed by atoms with E-state index in [1.54, 1.807) is 12.4 Å². The summed E-state index contributed by atoms with van der Waals surface area (Å²) < 4.78 is 17.8. The summed E-state index contributed by atoms with van der Waals surface area (Å²) in [6.07, 6.45) is 3.54. The lowest BCUT2D eigenvalue weighted by Gasteiger charge is -2.40. The molecule has 1 atom stereocenters. The Kier molecular flexibility index (Phi) is 6.19. The van der Waals surface area contributed by atoms with E-state index in [2.05, 4.69) is 14.9 Å². The monoisotopic (exact) mass is 418 g/mol. The topological polar surface area (TPSA) is 77.0 Å². The predicted octanol–water partition coefficient (Wildman–Crippen LogP) is 1.63. The van der Waals surface area contributed by atoms with E-state index < -0.39 is 18.3 Å². The van der Waals surface area contributed by atoms with Crippen LogP contribution >= 0.6 is 0 Å². The number of piperazine rings is 1. The van der Waals surface area contributed by atoms with E-state index in [1.165, 1.54) is 0 Å². The van der Waals surface area contributed by atoms with Crippen molar-refractivity contribution in [3.63, 3.8) is 0 Å². The molecule has 0 radical (unpaired) electrons. The maximum Gasteiger partial charge on any atom is 0.498 e. The Bertz CT molecular complexity index is 747. The smallest absolute Gasteiger partial charge is 0.399 e. The average Bonchev–Trinajstić information content (AvgIpc) is 2.86. The number of carbonyl (C=O) groups excluding carboxylic acids is 1. The maximum atomic E-state index is 12.5. The van der Waals surface area contributed by atoms with E-state index in [4.69, 9.17) is 14.0 Å². The average molecular weight is 418 g/mol. The van der Waals surface area contributed by atoms with Crippen LogP contribution in [0.15, 0.2) is 12.4 Å². The second kappa shape index (κ2) is 8.09. The highest BCUT2D eigenvalue weighted by atomic mass is 16.7. The number of carbonyl (C=O) groups is 1. The van der Waals surface area contributed by atoms with Crippen LogP contribution in [0.25, 0.3) is 0 Å². The minimum Gasteiger partial charge on any atom is -0.399 e. The lowest BCUT2D eigenvalue weighted by Crippen LogP contribution is -2.55. The van der Waals surface area contributed by atoms with Crippen molar-refractivity contribution in [2.24, 2.45) is 0 Å². The highest BCUT2D eigenvalue weighted by Gasteiger charge is 2.52. The fourth-order valence-corrected chi connectivity index (χ4v) is 3.47. The Morgan fingerprint density at radius 3 is 2.23 bits per heavy atom. The molecular formula is C21H35BN4O4. The molecule has 1 aromatic heterocycles. The first-order valence-electron chi connectivity index (χ1n) is 10.6. The first-order chi connectivity index (χ1) is 13.8. The molecule has 0 N–H and O–H groups in total. The van der Waals surface area contributed by atoms with Crippen molar-refractivity contribution in [3.8, 4) is 0 Å². The summed E-state index contributed by atoms with van der Waals surface area (Å²) in [6.45, 7) is 18.1. The third-order valence-electron chi connectivity index (χ3n) is 6.04. The minimum absolute atomic E-state index is 0.0223. The molecule has 2 aliphatic rings. The number of anilines is 1. The maximum absolute atomic E-state index is 12.5. The predicted molar refractivity (Wildman–Crippen MR) is 117 cm³/mol. The zero-order valence-electron chi connectivity index (χ0n) is 19.6. The minimum atomic E-state index is -0.472. The van der Waals surface area contributed by atoms with Crippen molar-refractivity contribution in [2.45, 2.75) is 78.2 Å². The zero-order chi connectivity index (χ0) is 22.3. The quantitative estimate of drug-likeness (QED) is 0.688. The Hall–Kier alpha value is -1.71. The van der Waals surface area contributed by atoms with Gasteiger partial charge in [-0.05, 0) is 55.4 Å². The Balaban J connectivity index is 1.59. The van der Waals surface area contributed by atoms with Gasteiger partial charge < -0.3 is 23.8 Å². The van der Waals surface area contributed by atoms with Crippen LogP contribution in [0, 0.1) is 0 Å². The molecule has 8 nitrogen and oxygen atoms in total. The summed E-state index contributed by atoms with van der Waals surface area (Å²) in [7, 11) is -0.472. The van der Waals surface area contributed by atoms with Crippen LogP contribution in [0.1, 0.15) is 55.4 Å². The van der Waals surface area contributed by atoms with E-state index in [0.29, 0.717) is 25.6 Å². The van der Waals surface area contributed by atoms with Gasteiger partial charge in [0.1, 0.15) is 6.61 Å². The highest BCUT2D eigenvalue weighted by Crippen LogP contribution is 2.36. The molecule has 1 amide bonds. The van der Waals surface area contributed by atoms with E-state index in [9.17, 15) is 4.79 Å². The van der Waals surface area contributed by atoms with Gasteiger partial charge in [-0.2, -0.15) is 0 Å². The molecule has 2 fully saturated rings. The number of amides is 1. The number of aromatic nitrogens is 2. The standard InChI is InChI=1S/C21H35BN4O4/c1-15-13-25(9-10-26(15)17(27)14-28-19(2,3)4)18-23-11-16(12-24-18)22-29-20(5,6)21(7,8)30-22/h11-12,15H,9-10,13-14H2,1-8H3. The third-order valence-corrected chi connectivity index (χ3v) is 6.04. The number of hydrogen-bond donors (Lipinski definition) is 0. The van der Waals surface area contributed by atoms with Crippen LogP contribution in [0.4, 0.5) is 5.95 Å². The largest absolute Gasteiger partial charge is 0.498 e. The van der Waals surface area contributed by atoms with Crippen molar-refractivity contribution in [1.29, 1.82) is 0 Å². The molecule has 0 saturated carbocycles. The Labute approximate surface area is 180 Å². The SMILES string of the molecule is CC1CN(c2ncc(B3OC(C)(C)C(C)(C)O3)cn2)CCN1C(=O)COC(C)(C)C. The summed E-state index contributed by atoms with van der Waals surface area (Å²) in [6, 6.07) is 0.0567. The van der Waals surface area contributed by atoms with E-state index in [0.717, 1.165) is 5.46 Å². The van der Waals surface area contributed by atoms with Gasteiger partial charge in [0, 0.05) is 43.5 Å². The van der Waals surface area contributed by atoms with Gasteiger partial charge in [-0.3, -0.25) is 4.79 Å². The van der Waals surface area contributed by atoms with Crippen LogP contribution in [0.3, 0.4) is 0 Å². The Morgan fingerprint density at radius 2 is 1.73 bits per heavy atom. The summed E-state index contributed by atoms with van der Waals surface area (Å²) >= 11 is 0. The summed E-state index contributed by atoms with van der Waals surface area (Å²) in [5.74, 6) is 0.675. The van der Waals surface area contributed by atoms with Gasteiger partial charge >= 0.3 is 7.12 Å². The molecular weight excluding hydrogens is 383 g/mol. The number of ether oxygens (including phenoxy) is 1. The lowest BCUT2D eigenvalue weighted by atomic mass is 9.81. The molecule has 2 saturated heterocycles. The number of hydrogen-bond acceptors (Lipinski definition) is 7. The van der Waals surface area contributed by atoms with Gasteiger partial charge in [-0.1, -0.05) is 0 Å². The van der Waals surface area contributed by atoms with E-state index >= 15 is 0 Å². The van der Waals surface area contributed by atoms with Crippen molar-refractivity contribution < 1.29 is 18.8 Å². The second-order valence-corrected chi connectivity index (χ2v) is 10.2. The van der Waals surface area contributed by atoms with E-state index in [-0.39, 0.29) is 24.2 Å². The van der Waals surface area contributed by atoms with Crippen LogP contribution in [0.5, 0.6) is 0 Å². The summed E-state index contributed by atoms with van der Waals surface area (Å²) in [4.78, 5) is 25.6. The first kappa shape index (κ1) is 23.0. The zero-order valence-corrected chi connectivity index (χ0v) is 19.6. The van der Waals surface area contributed by atoms with Crippen molar-refractivity contribution in [1.82, 2.24) is 14.9 Å². The molecule has 9 heteroatoms. The molecule has 0 spiro atoms. The fourth-order valence-electron chi connectivity index (χ4n) is 3.47.